The number of amides is 1. The summed E-state index contributed by atoms with van der Waals surface area (Å²) in [5, 5.41) is 2.77. The molecule has 0 aliphatic heterocycles. The minimum absolute atomic E-state index is 0.0585. The van der Waals surface area contributed by atoms with Gasteiger partial charge < -0.3 is 10.1 Å². The smallest absolute Gasteiger partial charge is 0.261 e. The van der Waals surface area contributed by atoms with Crippen molar-refractivity contribution in [3.8, 4) is 0 Å². The van der Waals surface area contributed by atoms with Crippen LogP contribution in [0, 0.1) is 13.8 Å². The Morgan fingerprint density at radius 1 is 1.29 bits per heavy atom. The van der Waals surface area contributed by atoms with Crippen molar-refractivity contribution >= 4 is 25.6 Å². The summed E-state index contributed by atoms with van der Waals surface area (Å²) in [4.78, 5) is 12.1. The zero-order valence-corrected chi connectivity index (χ0v) is 14.0. The Morgan fingerprint density at radius 3 is 2.52 bits per heavy atom. The number of benzene rings is 1. The number of aryl methyl sites for hydroxylation is 1. The Balaban J connectivity index is 2.86. The summed E-state index contributed by atoms with van der Waals surface area (Å²) in [6, 6.07) is 2.78. The number of rotatable bonds is 7. The molecule has 0 radical (unpaired) electrons. The molecule has 0 fully saturated rings. The van der Waals surface area contributed by atoms with Gasteiger partial charge in [-0.25, -0.2) is 8.42 Å². The monoisotopic (exact) mass is 333 g/mol. The van der Waals surface area contributed by atoms with Crippen molar-refractivity contribution in [1.82, 2.24) is 5.32 Å². The first-order valence-electron chi connectivity index (χ1n) is 6.60. The second-order valence-corrected chi connectivity index (χ2v) is 7.37. The summed E-state index contributed by atoms with van der Waals surface area (Å²) >= 11 is 0. The number of carbonyl (C=O) groups is 1. The molecule has 0 heterocycles. The Bertz CT molecular complexity index is 614. The molecular weight excluding hydrogens is 314 g/mol. The molecule has 0 spiro atoms. The van der Waals surface area contributed by atoms with Gasteiger partial charge in [-0.2, -0.15) is 0 Å². The van der Waals surface area contributed by atoms with E-state index in [1.807, 2.05) is 0 Å². The lowest BCUT2D eigenvalue weighted by Crippen LogP contribution is -2.25. The van der Waals surface area contributed by atoms with Gasteiger partial charge in [0.05, 0.1) is 4.90 Å². The van der Waals surface area contributed by atoms with Crippen molar-refractivity contribution in [2.24, 2.45) is 0 Å². The Kier molecular flexibility index (Phi) is 6.64. The number of methoxy groups -OCH3 is 1. The quantitative estimate of drug-likeness (QED) is 0.614. The number of hydrogen-bond donors (Lipinski definition) is 1. The van der Waals surface area contributed by atoms with Crippen LogP contribution in [0.4, 0.5) is 0 Å². The molecule has 0 atom stereocenters. The first kappa shape index (κ1) is 17.9. The summed E-state index contributed by atoms with van der Waals surface area (Å²) in [6.07, 6.45) is 1.65. The van der Waals surface area contributed by atoms with E-state index in [0.29, 0.717) is 24.3 Å². The fourth-order valence-electron chi connectivity index (χ4n) is 1.87. The highest BCUT2D eigenvalue weighted by Crippen LogP contribution is 2.22. The molecule has 1 aromatic rings. The van der Waals surface area contributed by atoms with Gasteiger partial charge in [0.1, 0.15) is 0 Å². The first-order valence-corrected chi connectivity index (χ1v) is 8.91. The van der Waals surface area contributed by atoms with Crippen LogP contribution in [0.2, 0.25) is 0 Å². The largest absolute Gasteiger partial charge is 0.385 e. The molecule has 1 rings (SSSR count). The van der Waals surface area contributed by atoms with E-state index < -0.39 is 9.05 Å². The van der Waals surface area contributed by atoms with Crippen molar-refractivity contribution in [2.45, 2.75) is 31.6 Å². The van der Waals surface area contributed by atoms with Crippen molar-refractivity contribution < 1.29 is 17.9 Å². The van der Waals surface area contributed by atoms with Crippen molar-refractivity contribution in [3.63, 3.8) is 0 Å². The number of ether oxygens (including phenoxy) is 1. The predicted octanol–water partition coefficient (Wildman–Crippen LogP) is 2.39. The molecule has 0 unspecified atom stereocenters. The summed E-state index contributed by atoms with van der Waals surface area (Å²) in [5.74, 6) is -0.296. The lowest BCUT2D eigenvalue weighted by atomic mass is 10.0. The number of nitrogens with one attached hydrogen (secondary N) is 1. The normalized spacial score (nSPS) is 11.4. The topological polar surface area (TPSA) is 72.5 Å². The predicted molar refractivity (Wildman–Crippen MR) is 82.4 cm³/mol. The molecule has 1 amide bonds. The molecule has 0 saturated carbocycles. The van der Waals surface area contributed by atoms with Crippen LogP contribution in [-0.2, 0) is 13.8 Å². The van der Waals surface area contributed by atoms with E-state index in [4.69, 9.17) is 15.4 Å². The van der Waals surface area contributed by atoms with Crippen LogP contribution in [-0.4, -0.2) is 34.6 Å². The molecule has 0 bridgehead atoms. The Morgan fingerprint density at radius 2 is 1.95 bits per heavy atom. The number of unbranched alkanes of at least 4 members (excludes halogenated alkanes) is 1. The summed E-state index contributed by atoms with van der Waals surface area (Å²) in [7, 11) is 3.12. The average Bonchev–Trinajstić information content (AvgIpc) is 2.40. The van der Waals surface area contributed by atoms with Crippen LogP contribution in [0.15, 0.2) is 17.0 Å². The second-order valence-electron chi connectivity index (χ2n) is 4.81. The summed E-state index contributed by atoms with van der Waals surface area (Å²) < 4.78 is 27.8. The third kappa shape index (κ3) is 5.30. The van der Waals surface area contributed by atoms with Gasteiger partial charge in [0.25, 0.3) is 15.0 Å². The fourth-order valence-corrected chi connectivity index (χ4v) is 2.71. The number of halogens is 1. The van der Waals surface area contributed by atoms with Gasteiger partial charge in [-0.15, -0.1) is 0 Å². The highest BCUT2D eigenvalue weighted by molar-refractivity contribution is 8.13. The van der Waals surface area contributed by atoms with Crippen LogP contribution in [0.1, 0.15) is 34.3 Å². The van der Waals surface area contributed by atoms with Gasteiger partial charge in [0, 0.05) is 36.5 Å². The number of carbonyl (C=O) groups excluding carboxylic acids is 1. The van der Waals surface area contributed by atoms with Gasteiger partial charge in [0.15, 0.2) is 0 Å². The van der Waals surface area contributed by atoms with Crippen LogP contribution in [0.3, 0.4) is 0 Å². The van der Waals surface area contributed by atoms with Crippen LogP contribution in [0.5, 0.6) is 0 Å². The Labute approximate surface area is 130 Å². The fraction of sp³-hybridized carbons (Fsp3) is 0.500. The van der Waals surface area contributed by atoms with Gasteiger partial charge in [0.2, 0.25) is 0 Å². The molecule has 1 N–H and O–H groups in total. The molecule has 7 heteroatoms. The maximum absolute atomic E-state index is 12.1. The molecule has 0 saturated heterocycles. The highest BCUT2D eigenvalue weighted by Gasteiger charge is 2.17. The molecule has 0 aromatic heterocycles. The van der Waals surface area contributed by atoms with E-state index in [1.165, 1.54) is 12.1 Å². The second kappa shape index (κ2) is 7.77. The van der Waals surface area contributed by atoms with Crippen LogP contribution in [0.25, 0.3) is 0 Å². The molecular formula is C14H20ClNO4S. The number of hydrogen-bond acceptors (Lipinski definition) is 4. The van der Waals surface area contributed by atoms with Gasteiger partial charge >= 0.3 is 0 Å². The minimum Gasteiger partial charge on any atom is -0.385 e. The highest BCUT2D eigenvalue weighted by atomic mass is 35.7. The van der Waals surface area contributed by atoms with E-state index >= 15 is 0 Å². The van der Waals surface area contributed by atoms with E-state index in [2.05, 4.69) is 5.32 Å². The molecule has 5 nitrogen and oxygen atoms in total. The first-order chi connectivity index (χ1) is 9.77. The third-order valence-electron chi connectivity index (χ3n) is 3.23. The average molecular weight is 334 g/mol. The van der Waals surface area contributed by atoms with E-state index in [1.54, 1.807) is 21.0 Å². The van der Waals surface area contributed by atoms with Crippen LogP contribution >= 0.6 is 10.7 Å². The van der Waals surface area contributed by atoms with Crippen molar-refractivity contribution in [2.75, 3.05) is 20.3 Å². The maximum atomic E-state index is 12.1. The van der Waals surface area contributed by atoms with Crippen molar-refractivity contribution in [3.05, 3.63) is 28.8 Å². The van der Waals surface area contributed by atoms with E-state index in [0.717, 1.165) is 18.4 Å². The SMILES string of the molecule is COCCCCNC(=O)c1cc(S(=O)(=O)Cl)cc(C)c1C. The third-order valence-corrected chi connectivity index (χ3v) is 4.56. The summed E-state index contributed by atoms with van der Waals surface area (Å²) in [6.45, 7) is 4.68. The van der Waals surface area contributed by atoms with Gasteiger partial charge in [-0.05, 0) is 49.9 Å². The molecule has 1 aromatic carbocycles. The standard InChI is InChI=1S/C14H20ClNO4S/c1-10-8-12(21(15,18)19)9-13(11(10)2)14(17)16-6-4-5-7-20-3/h8-9H,4-7H2,1-3H3,(H,16,17). The Hall–Kier alpha value is -1.11. The maximum Gasteiger partial charge on any atom is 0.261 e. The lowest BCUT2D eigenvalue weighted by Gasteiger charge is -2.11. The molecule has 0 aliphatic rings. The zero-order valence-electron chi connectivity index (χ0n) is 12.4. The summed E-state index contributed by atoms with van der Waals surface area (Å²) in [5.41, 5.74) is 1.79. The molecule has 118 valence electrons. The van der Waals surface area contributed by atoms with E-state index in [-0.39, 0.29) is 10.8 Å². The van der Waals surface area contributed by atoms with Gasteiger partial charge in [-0.3, -0.25) is 4.79 Å². The van der Waals surface area contributed by atoms with Gasteiger partial charge in [-0.1, -0.05) is 0 Å². The van der Waals surface area contributed by atoms with Crippen LogP contribution < -0.4 is 5.32 Å². The minimum atomic E-state index is -3.85. The molecule has 21 heavy (non-hydrogen) atoms. The lowest BCUT2D eigenvalue weighted by molar-refractivity contribution is 0.0950. The molecule has 0 aliphatic carbocycles. The van der Waals surface area contributed by atoms with Crippen molar-refractivity contribution in [1.29, 1.82) is 0 Å². The zero-order chi connectivity index (χ0) is 16.0. The van der Waals surface area contributed by atoms with E-state index in [9.17, 15) is 13.2 Å².